The molecule has 8 nitrogen and oxygen atoms in total. The van der Waals surface area contributed by atoms with Crippen molar-refractivity contribution in [3.05, 3.63) is 33.9 Å². The molecule has 2 unspecified atom stereocenters. The second-order valence-corrected chi connectivity index (χ2v) is 5.32. The highest BCUT2D eigenvalue weighted by atomic mass is 19.4. The third-order valence-corrected chi connectivity index (χ3v) is 3.69. The Kier molecular flexibility index (Phi) is 7.56. The molecule has 0 spiro atoms. The van der Waals surface area contributed by atoms with Crippen LogP contribution >= 0.6 is 0 Å². The van der Waals surface area contributed by atoms with Crippen LogP contribution in [-0.4, -0.2) is 49.7 Å². The first-order chi connectivity index (χ1) is 12.6. The summed E-state index contributed by atoms with van der Waals surface area (Å²) in [5.74, 6) is -5.23. The van der Waals surface area contributed by atoms with Crippen molar-refractivity contribution in [3.63, 3.8) is 0 Å². The Morgan fingerprint density at radius 2 is 1.85 bits per heavy atom. The van der Waals surface area contributed by atoms with Crippen molar-refractivity contribution >= 4 is 11.8 Å². The Morgan fingerprint density at radius 1 is 1.22 bits per heavy atom. The average molecular weight is 393 g/mol. The number of benzene rings is 1. The van der Waals surface area contributed by atoms with E-state index in [-0.39, 0.29) is 23.7 Å². The maximum absolute atomic E-state index is 12.8. The molecular weight excluding hydrogens is 375 g/mol. The molecule has 0 saturated carbocycles. The van der Waals surface area contributed by atoms with Gasteiger partial charge in [0.2, 0.25) is 5.78 Å². The molecule has 1 aromatic rings. The number of ketones is 1. The van der Waals surface area contributed by atoms with Gasteiger partial charge in [0.05, 0.1) is 26.7 Å². The van der Waals surface area contributed by atoms with Gasteiger partial charge in [0.15, 0.2) is 0 Å². The topological polar surface area (TPSA) is 105 Å². The van der Waals surface area contributed by atoms with Crippen LogP contribution in [0.3, 0.4) is 0 Å². The molecule has 1 rings (SSSR count). The average Bonchev–Trinajstić information content (AvgIpc) is 2.59. The highest BCUT2D eigenvalue weighted by Crippen LogP contribution is 2.37. The van der Waals surface area contributed by atoms with E-state index in [9.17, 15) is 32.9 Å². The third-order valence-electron chi connectivity index (χ3n) is 3.69. The normalized spacial score (nSPS) is 13.4. The predicted molar refractivity (Wildman–Crippen MR) is 85.4 cm³/mol. The number of hydrogen-bond acceptors (Lipinski definition) is 7. The first-order valence-electron chi connectivity index (χ1n) is 7.68. The van der Waals surface area contributed by atoms with Gasteiger partial charge in [0.1, 0.15) is 11.5 Å². The minimum atomic E-state index is -5.22. The van der Waals surface area contributed by atoms with Gasteiger partial charge in [0.25, 0.3) is 0 Å². The SMILES string of the molecule is CCOC(=O)C(C(CC(=O)C(F)(F)F)c1cc(OC)ccc1OC)[N+](=O)[O-]. The summed E-state index contributed by atoms with van der Waals surface area (Å²) in [4.78, 5) is 34.0. The summed E-state index contributed by atoms with van der Waals surface area (Å²) in [5.41, 5.74) is -0.149. The molecule has 27 heavy (non-hydrogen) atoms. The number of Topliss-reactive ketones (excluding diaryl/α,β-unsaturated/α-hetero) is 1. The third kappa shape index (κ3) is 5.56. The number of alkyl halides is 3. The first kappa shape index (κ1) is 22.2. The van der Waals surface area contributed by atoms with Gasteiger partial charge in [-0.1, -0.05) is 0 Å². The molecule has 2 atom stereocenters. The van der Waals surface area contributed by atoms with Crippen molar-refractivity contribution in [1.82, 2.24) is 0 Å². The van der Waals surface area contributed by atoms with Gasteiger partial charge < -0.3 is 14.2 Å². The largest absolute Gasteiger partial charge is 0.497 e. The molecule has 0 aliphatic rings. The molecule has 0 aromatic heterocycles. The van der Waals surface area contributed by atoms with Gasteiger partial charge in [-0.05, 0) is 25.1 Å². The molecule has 1 aromatic carbocycles. The summed E-state index contributed by atoms with van der Waals surface area (Å²) >= 11 is 0. The molecule has 0 heterocycles. The highest BCUT2D eigenvalue weighted by Gasteiger charge is 2.48. The Bertz CT molecular complexity index is 706. The second-order valence-electron chi connectivity index (χ2n) is 5.32. The fraction of sp³-hybridized carbons (Fsp3) is 0.500. The lowest BCUT2D eigenvalue weighted by Gasteiger charge is -2.22. The Labute approximate surface area is 152 Å². The minimum absolute atomic E-state index is 0.0353. The molecule has 11 heteroatoms. The van der Waals surface area contributed by atoms with Crippen molar-refractivity contribution in [2.45, 2.75) is 31.5 Å². The van der Waals surface area contributed by atoms with E-state index in [0.717, 1.165) is 0 Å². The number of esters is 1. The Balaban J connectivity index is 3.56. The zero-order valence-corrected chi connectivity index (χ0v) is 14.7. The van der Waals surface area contributed by atoms with Crippen LogP contribution in [0.2, 0.25) is 0 Å². The zero-order valence-electron chi connectivity index (χ0n) is 14.7. The molecular formula is C16H18F3NO7. The van der Waals surface area contributed by atoms with Crippen LogP contribution in [0.25, 0.3) is 0 Å². The van der Waals surface area contributed by atoms with Crippen LogP contribution in [0.4, 0.5) is 13.2 Å². The predicted octanol–water partition coefficient (Wildman–Crippen LogP) is 2.52. The lowest BCUT2D eigenvalue weighted by molar-refractivity contribution is -0.514. The number of rotatable bonds is 9. The van der Waals surface area contributed by atoms with Crippen LogP contribution < -0.4 is 9.47 Å². The summed E-state index contributed by atoms with van der Waals surface area (Å²) in [7, 11) is 2.47. The number of ether oxygens (including phenoxy) is 3. The van der Waals surface area contributed by atoms with E-state index in [1.807, 2.05) is 0 Å². The number of nitro groups is 1. The maximum atomic E-state index is 12.8. The maximum Gasteiger partial charge on any atom is 0.449 e. The molecule has 0 aliphatic carbocycles. The second kappa shape index (κ2) is 9.19. The smallest absolute Gasteiger partial charge is 0.449 e. The van der Waals surface area contributed by atoms with Crippen LogP contribution in [0.5, 0.6) is 11.5 Å². The molecule has 0 bridgehead atoms. The fourth-order valence-corrected chi connectivity index (χ4v) is 2.46. The minimum Gasteiger partial charge on any atom is -0.497 e. The standard InChI is InChI=1S/C16H18F3NO7/c1-4-27-15(22)14(20(23)24)11(8-13(21)16(17,18)19)10-7-9(25-2)5-6-12(10)26-3/h5-7,11,14H,4,8H2,1-3H3. The van der Waals surface area contributed by atoms with E-state index in [4.69, 9.17) is 9.47 Å². The van der Waals surface area contributed by atoms with Crippen LogP contribution in [-0.2, 0) is 14.3 Å². The van der Waals surface area contributed by atoms with Crippen LogP contribution in [0.15, 0.2) is 18.2 Å². The van der Waals surface area contributed by atoms with E-state index in [0.29, 0.717) is 0 Å². The molecule has 150 valence electrons. The van der Waals surface area contributed by atoms with E-state index < -0.39 is 41.2 Å². The zero-order chi connectivity index (χ0) is 20.8. The summed E-state index contributed by atoms with van der Waals surface area (Å²) < 4.78 is 53.0. The molecule has 0 fully saturated rings. The molecule has 0 radical (unpaired) electrons. The summed E-state index contributed by atoms with van der Waals surface area (Å²) in [5, 5.41) is 11.5. The van der Waals surface area contributed by atoms with Gasteiger partial charge in [-0.2, -0.15) is 13.2 Å². The lowest BCUT2D eigenvalue weighted by atomic mass is 9.86. The van der Waals surface area contributed by atoms with Crippen LogP contribution in [0.1, 0.15) is 24.8 Å². The van der Waals surface area contributed by atoms with Gasteiger partial charge in [-0.15, -0.1) is 0 Å². The van der Waals surface area contributed by atoms with E-state index in [1.165, 1.54) is 39.3 Å². The lowest BCUT2D eigenvalue weighted by Crippen LogP contribution is -2.40. The van der Waals surface area contributed by atoms with Gasteiger partial charge in [0, 0.05) is 16.9 Å². The van der Waals surface area contributed by atoms with Crippen molar-refractivity contribution in [3.8, 4) is 11.5 Å². The number of methoxy groups -OCH3 is 2. The summed E-state index contributed by atoms with van der Waals surface area (Å²) in [6.07, 6.45) is -6.56. The number of halogens is 3. The number of hydrogen-bond donors (Lipinski definition) is 0. The Hall–Kier alpha value is -2.85. The number of nitrogens with zero attached hydrogens (tertiary/aromatic N) is 1. The fourth-order valence-electron chi connectivity index (χ4n) is 2.46. The number of carbonyl (C=O) groups excluding carboxylic acids is 2. The quantitative estimate of drug-likeness (QED) is 0.361. The highest BCUT2D eigenvalue weighted by molar-refractivity contribution is 5.86. The van der Waals surface area contributed by atoms with Crippen molar-refractivity contribution < 1.29 is 41.9 Å². The van der Waals surface area contributed by atoms with Crippen molar-refractivity contribution in [2.24, 2.45) is 0 Å². The summed E-state index contributed by atoms with van der Waals surface area (Å²) in [6.45, 7) is 1.16. The molecule has 0 aliphatic heterocycles. The van der Waals surface area contributed by atoms with Crippen molar-refractivity contribution in [1.29, 1.82) is 0 Å². The molecule has 0 amide bonds. The van der Waals surface area contributed by atoms with E-state index in [2.05, 4.69) is 4.74 Å². The van der Waals surface area contributed by atoms with Crippen LogP contribution in [0, 0.1) is 10.1 Å². The van der Waals surface area contributed by atoms with Gasteiger partial charge >= 0.3 is 18.2 Å². The van der Waals surface area contributed by atoms with E-state index in [1.54, 1.807) is 0 Å². The Morgan fingerprint density at radius 3 is 2.30 bits per heavy atom. The van der Waals surface area contributed by atoms with Crippen molar-refractivity contribution in [2.75, 3.05) is 20.8 Å². The summed E-state index contributed by atoms with van der Waals surface area (Å²) in [6, 6.07) is 1.66. The van der Waals surface area contributed by atoms with Gasteiger partial charge in [-0.3, -0.25) is 14.9 Å². The number of carbonyl (C=O) groups is 2. The molecule has 0 N–H and O–H groups in total. The first-order valence-corrected chi connectivity index (χ1v) is 7.68. The van der Waals surface area contributed by atoms with E-state index >= 15 is 0 Å². The monoisotopic (exact) mass is 393 g/mol. The van der Waals surface area contributed by atoms with Gasteiger partial charge in [-0.25, -0.2) is 4.79 Å². The molecule has 0 saturated heterocycles.